The van der Waals surface area contributed by atoms with Crippen molar-refractivity contribution in [2.75, 3.05) is 7.05 Å². The van der Waals surface area contributed by atoms with Gasteiger partial charge in [0.2, 0.25) is 5.89 Å². The number of halogens is 1. The van der Waals surface area contributed by atoms with Gasteiger partial charge < -0.3 is 9.73 Å². The lowest BCUT2D eigenvalue weighted by Gasteiger charge is -2.05. The highest BCUT2D eigenvalue weighted by molar-refractivity contribution is 14.1. The summed E-state index contributed by atoms with van der Waals surface area (Å²) in [4.78, 5) is 4.30. The minimum absolute atomic E-state index is 0.131. The van der Waals surface area contributed by atoms with Gasteiger partial charge in [-0.3, -0.25) is 0 Å². The van der Waals surface area contributed by atoms with Crippen LogP contribution in [0.4, 0.5) is 0 Å². The predicted molar refractivity (Wildman–Crippen MR) is 76.9 cm³/mol. The molecule has 2 rings (SSSR count). The number of aromatic nitrogens is 1. The number of oxazole rings is 1. The molecule has 2 aromatic rings. The van der Waals surface area contributed by atoms with E-state index in [-0.39, 0.29) is 6.04 Å². The van der Waals surface area contributed by atoms with Crippen LogP contribution in [0.2, 0.25) is 0 Å². The van der Waals surface area contributed by atoms with Gasteiger partial charge in [0.15, 0.2) is 5.76 Å². The van der Waals surface area contributed by atoms with E-state index in [1.54, 1.807) is 6.20 Å². The maximum atomic E-state index is 5.78. The van der Waals surface area contributed by atoms with E-state index in [4.69, 9.17) is 4.42 Å². The summed E-state index contributed by atoms with van der Waals surface area (Å²) in [5.41, 5.74) is 2.36. The van der Waals surface area contributed by atoms with Crippen molar-refractivity contribution in [1.82, 2.24) is 10.3 Å². The van der Waals surface area contributed by atoms with Crippen LogP contribution in [0.15, 0.2) is 28.8 Å². The second kappa shape index (κ2) is 5.18. The molecule has 1 aromatic heterocycles. The molecule has 1 N–H and O–H groups in total. The van der Waals surface area contributed by atoms with E-state index in [0.717, 1.165) is 17.2 Å². The monoisotopic (exact) mass is 342 g/mol. The molecular weight excluding hydrogens is 327 g/mol. The average Bonchev–Trinajstić information content (AvgIpc) is 2.81. The molecule has 17 heavy (non-hydrogen) atoms. The van der Waals surface area contributed by atoms with E-state index >= 15 is 0 Å². The molecule has 0 fully saturated rings. The van der Waals surface area contributed by atoms with Crippen molar-refractivity contribution in [3.63, 3.8) is 0 Å². The Morgan fingerprint density at radius 2 is 2.18 bits per heavy atom. The van der Waals surface area contributed by atoms with Gasteiger partial charge in [0.25, 0.3) is 0 Å². The van der Waals surface area contributed by atoms with Crippen molar-refractivity contribution in [1.29, 1.82) is 0 Å². The van der Waals surface area contributed by atoms with Crippen molar-refractivity contribution in [2.24, 2.45) is 0 Å². The molecule has 0 bridgehead atoms. The van der Waals surface area contributed by atoms with Gasteiger partial charge in [-0.15, -0.1) is 0 Å². The number of hydrogen-bond donors (Lipinski definition) is 1. The number of rotatable bonds is 3. The van der Waals surface area contributed by atoms with Gasteiger partial charge in [-0.25, -0.2) is 4.98 Å². The minimum atomic E-state index is 0.131. The number of benzene rings is 1. The molecule has 1 aromatic carbocycles. The van der Waals surface area contributed by atoms with Gasteiger partial charge in [0, 0.05) is 9.13 Å². The lowest BCUT2D eigenvalue weighted by Crippen LogP contribution is -2.12. The van der Waals surface area contributed by atoms with E-state index in [1.807, 2.05) is 20.0 Å². The number of nitrogens with zero attached hydrogens (tertiary/aromatic N) is 1. The fraction of sp³-hybridized carbons (Fsp3) is 0.308. The fourth-order valence-corrected chi connectivity index (χ4v) is 2.20. The van der Waals surface area contributed by atoms with E-state index < -0.39 is 0 Å². The fourth-order valence-electron chi connectivity index (χ4n) is 1.57. The zero-order valence-electron chi connectivity index (χ0n) is 10.1. The molecule has 0 saturated carbocycles. The number of nitrogens with one attached hydrogen (secondary N) is 1. The Labute approximate surface area is 115 Å². The first-order valence-corrected chi connectivity index (χ1v) is 6.60. The van der Waals surface area contributed by atoms with Crippen molar-refractivity contribution in [2.45, 2.75) is 19.9 Å². The summed E-state index contributed by atoms with van der Waals surface area (Å²) in [5, 5.41) is 3.11. The van der Waals surface area contributed by atoms with Crippen LogP contribution in [-0.2, 0) is 0 Å². The standard InChI is InChI=1S/C13H15IN2O/c1-8-5-4-6-10(12(8)14)11-7-16-13(17-11)9(2)15-3/h4-7,9,15H,1-3H3. The zero-order chi connectivity index (χ0) is 12.4. The highest BCUT2D eigenvalue weighted by Crippen LogP contribution is 2.29. The molecule has 90 valence electrons. The van der Waals surface area contributed by atoms with Gasteiger partial charge in [-0.2, -0.15) is 0 Å². The summed E-state index contributed by atoms with van der Waals surface area (Å²) in [6.45, 7) is 4.12. The second-order valence-corrected chi connectivity index (χ2v) is 5.09. The molecule has 4 heteroatoms. The van der Waals surface area contributed by atoms with E-state index in [9.17, 15) is 0 Å². The first-order valence-electron chi connectivity index (χ1n) is 5.52. The Kier molecular flexibility index (Phi) is 3.83. The third-order valence-electron chi connectivity index (χ3n) is 2.78. The van der Waals surface area contributed by atoms with E-state index in [2.05, 4.69) is 51.9 Å². The largest absolute Gasteiger partial charge is 0.439 e. The van der Waals surface area contributed by atoms with Gasteiger partial charge in [0.05, 0.1) is 12.2 Å². The van der Waals surface area contributed by atoms with E-state index in [0.29, 0.717) is 0 Å². The Hall–Kier alpha value is -0.880. The third kappa shape index (κ3) is 2.52. The Balaban J connectivity index is 2.40. The molecule has 1 heterocycles. The molecule has 0 amide bonds. The molecule has 0 spiro atoms. The number of hydrogen-bond acceptors (Lipinski definition) is 3. The predicted octanol–water partition coefficient (Wildman–Crippen LogP) is 3.54. The summed E-state index contributed by atoms with van der Waals surface area (Å²) < 4.78 is 6.99. The SMILES string of the molecule is CNC(C)c1ncc(-c2cccc(C)c2I)o1. The highest BCUT2D eigenvalue weighted by atomic mass is 127. The van der Waals surface area contributed by atoms with Gasteiger partial charge in [-0.1, -0.05) is 18.2 Å². The van der Waals surface area contributed by atoms with Crippen LogP contribution in [0.5, 0.6) is 0 Å². The zero-order valence-corrected chi connectivity index (χ0v) is 12.3. The molecule has 0 aliphatic carbocycles. The van der Waals surface area contributed by atoms with Crippen molar-refractivity contribution in [3.8, 4) is 11.3 Å². The van der Waals surface area contributed by atoms with Crippen LogP contribution < -0.4 is 5.32 Å². The molecule has 0 aliphatic rings. The van der Waals surface area contributed by atoms with Crippen LogP contribution in [0, 0.1) is 10.5 Å². The summed E-state index contributed by atoms with van der Waals surface area (Å²) >= 11 is 2.34. The van der Waals surface area contributed by atoms with Crippen molar-refractivity contribution >= 4 is 22.6 Å². The maximum absolute atomic E-state index is 5.78. The summed E-state index contributed by atoms with van der Waals surface area (Å²) in [5.74, 6) is 1.55. The van der Waals surface area contributed by atoms with Gasteiger partial charge >= 0.3 is 0 Å². The minimum Gasteiger partial charge on any atom is -0.439 e. The Morgan fingerprint density at radius 3 is 2.88 bits per heavy atom. The first kappa shape index (κ1) is 12.6. The van der Waals surface area contributed by atoms with Crippen LogP contribution in [-0.4, -0.2) is 12.0 Å². The lowest BCUT2D eigenvalue weighted by molar-refractivity contribution is 0.441. The summed E-state index contributed by atoms with van der Waals surface area (Å²) in [6.07, 6.45) is 1.79. The van der Waals surface area contributed by atoms with Gasteiger partial charge in [-0.05, 0) is 49.0 Å². The van der Waals surface area contributed by atoms with Crippen molar-refractivity contribution < 1.29 is 4.42 Å². The topological polar surface area (TPSA) is 38.1 Å². The maximum Gasteiger partial charge on any atom is 0.211 e. The number of aryl methyl sites for hydroxylation is 1. The van der Waals surface area contributed by atoms with E-state index in [1.165, 1.54) is 9.13 Å². The van der Waals surface area contributed by atoms with Crippen LogP contribution >= 0.6 is 22.6 Å². The third-order valence-corrected chi connectivity index (χ3v) is 4.22. The summed E-state index contributed by atoms with van der Waals surface area (Å²) in [6, 6.07) is 6.32. The van der Waals surface area contributed by atoms with Crippen molar-refractivity contribution in [3.05, 3.63) is 39.4 Å². The van der Waals surface area contributed by atoms with Crippen LogP contribution in [0.3, 0.4) is 0 Å². The molecule has 1 unspecified atom stereocenters. The van der Waals surface area contributed by atoms with Crippen LogP contribution in [0.1, 0.15) is 24.4 Å². The second-order valence-electron chi connectivity index (χ2n) is 4.01. The Morgan fingerprint density at radius 1 is 1.41 bits per heavy atom. The highest BCUT2D eigenvalue weighted by Gasteiger charge is 2.13. The quantitative estimate of drug-likeness (QED) is 0.868. The molecule has 1 atom stereocenters. The smallest absolute Gasteiger partial charge is 0.211 e. The van der Waals surface area contributed by atoms with Gasteiger partial charge in [0.1, 0.15) is 0 Å². The summed E-state index contributed by atoms with van der Waals surface area (Å²) in [7, 11) is 1.89. The molecule has 0 saturated heterocycles. The molecule has 0 aliphatic heterocycles. The first-order chi connectivity index (χ1) is 8.13. The lowest BCUT2D eigenvalue weighted by atomic mass is 10.1. The van der Waals surface area contributed by atoms with Crippen LogP contribution in [0.25, 0.3) is 11.3 Å². The molecule has 3 nitrogen and oxygen atoms in total. The molecular formula is C13H15IN2O. The Bertz CT molecular complexity index is 522. The molecule has 0 radical (unpaired) electrons. The average molecular weight is 342 g/mol. The normalized spacial score (nSPS) is 12.7.